The van der Waals surface area contributed by atoms with E-state index in [9.17, 15) is 4.79 Å². The van der Waals surface area contributed by atoms with Crippen LogP contribution >= 0.6 is 11.6 Å². The van der Waals surface area contributed by atoms with Crippen LogP contribution in [0.1, 0.15) is 20.3 Å². The molecule has 0 fully saturated rings. The van der Waals surface area contributed by atoms with Crippen molar-refractivity contribution < 1.29 is 14.6 Å². The minimum Gasteiger partial charge on any atom is -0.492 e. The molecule has 0 radical (unpaired) electrons. The van der Waals surface area contributed by atoms with E-state index in [1.807, 2.05) is 6.92 Å². The van der Waals surface area contributed by atoms with Crippen LogP contribution in [0.15, 0.2) is 18.2 Å². The summed E-state index contributed by atoms with van der Waals surface area (Å²) in [5, 5.41) is 12.2. The van der Waals surface area contributed by atoms with Gasteiger partial charge in [0, 0.05) is 12.7 Å². The molecule has 1 rings (SSSR count). The van der Waals surface area contributed by atoms with Gasteiger partial charge in [0.25, 0.3) is 0 Å². The number of aliphatic hydroxyl groups is 1. The summed E-state index contributed by atoms with van der Waals surface area (Å²) in [6.07, 6.45) is 0.901. The van der Waals surface area contributed by atoms with E-state index in [0.29, 0.717) is 23.1 Å². The van der Waals surface area contributed by atoms with Gasteiger partial charge < -0.3 is 20.1 Å². The van der Waals surface area contributed by atoms with E-state index < -0.39 is 0 Å². The number of hydrogen-bond donors (Lipinski definition) is 2. The van der Waals surface area contributed by atoms with Crippen molar-refractivity contribution in [3.8, 4) is 5.75 Å². The molecule has 0 spiro atoms. The zero-order valence-electron chi connectivity index (χ0n) is 12.0. The van der Waals surface area contributed by atoms with Gasteiger partial charge in [-0.25, -0.2) is 4.79 Å². The molecular formula is C14H21ClN2O3. The second kappa shape index (κ2) is 7.97. The molecule has 2 N–H and O–H groups in total. The molecule has 5 nitrogen and oxygen atoms in total. The van der Waals surface area contributed by atoms with Crippen LogP contribution in [0.3, 0.4) is 0 Å². The summed E-state index contributed by atoms with van der Waals surface area (Å²) in [6, 6.07) is 4.54. The van der Waals surface area contributed by atoms with Gasteiger partial charge in [-0.2, -0.15) is 0 Å². The Balaban J connectivity index is 2.69. The van der Waals surface area contributed by atoms with Crippen molar-refractivity contribution in [1.82, 2.24) is 4.90 Å². The van der Waals surface area contributed by atoms with Crippen molar-refractivity contribution in [2.45, 2.75) is 26.3 Å². The summed E-state index contributed by atoms with van der Waals surface area (Å²) in [4.78, 5) is 13.3. The maximum atomic E-state index is 11.9. The minimum atomic E-state index is -0.301. The average Bonchev–Trinajstić information content (AvgIpc) is 2.44. The molecule has 0 saturated carbocycles. The average molecular weight is 301 g/mol. The quantitative estimate of drug-likeness (QED) is 0.849. The van der Waals surface area contributed by atoms with E-state index >= 15 is 0 Å². The van der Waals surface area contributed by atoms with Crippen molar-refractivity contribution in [3.05, 3.63) is 23.2 Å². The molecule has 0 heterocycles. The first-order chi connectivity index (χ1) is 9.49. The Labute approximate surface area is 124 Å². The van der Waals surface area contributed by atoms with Gasteiger partial charge in [-0.05, 0) is 31.5 Å². The molecule has 0 aromatic heterocycles. The van der Waals surface area contributed by atoms with Gasteiger partial charge >= 0.3 is 6.03 Å². The lowest BCUT2D eigenvalue weighted by Gasteiger charge is -2.23. The number of aliphatic hydroxyl groups excluding tert-OH is 1. The normalized spacial score (nSPS) is 11.8. The first-order valence-electron chi connectivity index (χ1n) is 6.56. The van der Waals surface area contributed by atoms with Crippen LogP contribution in [0, 0.1) is 0 Å². The molecule has 6 heteroatoms. The number of ether oxygens (including phenoxy) is 1. The van der Waals surface area contributed by atoms with E-state index in [0.717, 1.165) is 6.42 Å². The highest BCUT2D eigenvalue weighted by atomic mass is 35.5. The van der Waals surface area contributed by atoms with Gasteiger partial charge in [-0.15, -0.1) is 0 Å². The van der Waals surface area contributed by atoms with Crippen molar-refractivity contribution >= 4 is 23.3 Å². The predicted molar refractivity (Wildman–Crippen MR) is 80.6 cm³/mol. The van der Waals surface area contributed by atoms with E-state index in [1.165, 1.54) is 4.90 Å². The number of amides is 2. The number of benzene rings is 1. The number of nitrogens with zero attached hydrogens (tertiary/aromatic N) is 1. The van der Waals surface area contributed by atoms with Crippen LogP contribution in [-0.2, 0) is 0 Å². The van der Waals surface area contributed by atoms with Crippen molar-refractivity contribution in [2.75, 3.05) is 25.6 Å². The van der Waals surface area contributed by atoms with E-state index in [4.69, 9.17) is 21.4 Å². The predicted octanol–water partition coefficient (Wildman–Crippen LogP) is 2.97. The van der Waals surface area contributed by atoms with Crippen LogP contribution in [-0.4, -0.2) is 42.3 Å². The monoisotopic (exact) mass is 300 g/mol. The fourth-order valence-corrected chi connectivity index (χ4v) is 1.68. The second-order valence-electron chi connectivity index (χ2n) is 4.57. The summed E-state index contributed by atoms with van der Waals surface area (Å²) in [6.45, 7) is 4.28. The van der Waals surface area contributed by atoms with Crippen molar-refractivity contribution in [2.24, 2.45) is 0 Å². The Morgan fingerprint density at radius 3 is 2.80 bits per heavy atom. The Kier molecular flexibility index (Phi) is 6.61. The third kappa shape index (κ3) is 4.58. The first-order valence-corrected chi connectivity index (χ1v) is 6.94. The van der Waals surface area contributed by atoms with Crippen LogP contribution in [0.25, 0.3) is 0 Å². The highest BCUT2D eigenvalue weighted by Crippen LogP contribution is 2.27. The number of urea groups is 1. The molecule has 0 aliphatic carbocycles. The maximum Gasteiger partial charge on any atom is 0.321 e. The fraction of sp³-hybridized carbons (Fsp3) is 0.500. The van der Waals surface area contributed by atoms with Gasteiger partial charge in [-0.3, -0.25) is 0 Å². The minimum absolute atomic E-state index is 0.0888. The van der Waals surface area contributed by atoms with Gasteiger partial charge in [0.05, 0.1) is 24.3 Å². The highest BCUT2D eigenvalue weighted by Gasteiger charge is 2.15. The molecule has 0 saturated heterocycles. The summed E-state index contributed by atoms with van der Waals surface area (Å²) in [5.74, 6) is 0.601. The third-order valence-electron chi connectivity index (χ3n) is 2.89. The zero-order valence-corrected chi connectivity index (χ0v) is 12.8. The molecular weight excluding hydrogens is 280 g/mol. The largest absolute Gasteiger partial charge is 0.492 e. The maximum absolute atomic E-state index is 11.9. The lowest BCUT2D eigenvalue weighted by molar-refractivity contribution is 0.166. The molecule has 1 atom stereocenters. The molecule has 1 aromatic rings. The number of likely N-dealkylation sites (N-methyl/N-ethyl adjacent to an activating group) is 1. The summed E-state index contributed by atoms with van der Waals surface area (Å²) < 4.78 is 5.46. The van der Waals surface area contributed by atoms with Crippen molar-refractivity contribution in [1.29, 1.82) is 0 Å². The molecule has 112 valence electrons. The molecule has 0 bridgehead atoms. The number of rotatable bonds is 6. The van der Waals surface area contributed by atoms with E-state index in [2.05, 4.69) is 5.32 Å². The molecule has 1 aromatic carbocycles. The second-order valence-corrected chi connectivity index (χ2v) is 4.97. The number of hydrogen-bond acceptors (Lipinski definition) is 3. The number of halogens is 1. The van der Waals surface area contributed by atoms with Crippen LogP contribution < -0.4 is 10.1 Å². The molecule has 0 aliphatic heterocycles. The van der Waals surface area contributed by atoms with Gasteiger partial charge in [0.2, 0.25) is 0 Å². The first kappa shape index (κ1) is 16.6. The van der Waals surface area contributed by atoms with Gasteiger partial charge in [0.1, 0.15) is 5.75 Å². The lowest BCUT2D eigenvalue weighted by atomic mass is 10.3. The summed E-state index contributed by atoms with van der Waals surface area (Å²) >= 11 is 6.09. The topological polar surface area (TPSA) is 61.8 Å². The highest BCUT2D eigenvalue weighted by molar-refractivity contribution is 6.32. The number of carbonyl (C=O) groups is 1. The number of anilines is 1. The van der Waals surface area contributed by atoms with E-state index in [1.54, 1.807) is 32.2 Å². The Morgan fingerprint density at radius 1 is 1.55 bits per heavy atom. The summed E-state index contributed by atoms with van der Waals surface area (Å²) in [5.41, 5.74) is 0.584. The molecule has 20 heavy (non-hydrogen) atoms. The molecule has 2 amide bonds. The van der Waals surface area contributed by atoms with Crippen LogP contribution in [0.5, 0.6) is 5.75 Å². The Morgan fingerprint density at radius 2 is 2.25 bits per heavy atom. The van der Waals surface area contributed by atoms with Crippen molar-refractivity contribution in [3.63, 3.8) is 0 Å². The van der Waals surface area contributed by atoms with Gasteiger partial charge in [0.15, 0.2) is 0 Å². The number of carbonyl (C=O) groups excluding carboxylic acids is 1. The fourth-order valence-electron chi connectivity index (χ4n) is 1.44. The number of nitrogens with one attached hydrogen (secondary N) is 1. The SMILES string of the molecule is CCCOc1ccc(NC(=O)N(C)C(C)CO)cc1Cl. The van der Waals surface area contributed by atoms with Gasteiger partial charge in [-0.1, -0.05) is 18.5 Å². The Bertz CT molecular complexity index is 454. The molecule has 1 unspecified atom stereocenters. The third-order valence-corrected chi connectivity index (χ3v) is 3.19. The Hall–Kier alpha value is -1.46. The van der Waals surface area contributed by atoms with Crippen LogP contribution in [0.4, 0.5) is 10.5 Å². The molecule has 0 aliphatic rings. The standard InChI is InChI=1S/C14H21ClN2O3/c1-4-7-20-13-6-5-11(8-12(13)15)16-14(19)17(3)10(2)9-18/h5-6,8,10,18H,4,7,9H2,1-3H3,(H,16,19). The van der Waals surface area contributed by atoms with Crippen LogP contribution in [0.2, 0.25) is 5.02 Å². The lowest BCUT2D eigenvalue weighted by Crippen LogP contribution is -2.40. The zero-order chi connectivity index (χ0) is 15.1. The smallest absolute Gasteiger partial charge is 0.321 e. The summed E-state index contributed by atoms with van der Waals surface area (Å²) in [7, 11) is 1.62. The van der Waals surface area contributed by atoms with E-state index in [-0.39, 0.29) is 18.7 Å².